The Bertz CT molecular complexity index is 1630. The second-order valence-corrected chi connectivity index (χ2v) is 12.1. The van der Waals surface area contributed by atoms with Crippen molar-refractivity contribution in [2.75, 3.05) is 36.5 Å². The molecule has 0 aliphatic carbocycles. The van der Waals surface area contributed by atoms with Crippen molar-refractivity contribution >= 4 is 34.7 Å². The maximum atomic E-state index is 12.4. The second kappa shape index (κ2) is 11.5. The maximum Gasteiger partial charge on any atom is 0.225 e. The number of rotatable bonds is 7. The van der Waals surface area contributed by atoms with Gasteiger partial charge in [0.1, 0.15) is 21.5 Å². The van der Waals surface area contributed by atoms with Gasteiger partial charge in [-0.1, -0.05) is 37.3 Å². The molecule has 1 saturated heterocycles. The zero-order chi connectivity index (χ0) is 29.4. The van der Waals surface area contributed by atoms with Gasteiger partial charge >= 0.3 is 0 Å². The Morgan fingerprint density at radius 1 is 1.00 bits per heavy atom. The Balaban J connectivity index is 1.32. The van der Waals surface area contributed by atoms with Crippen molar-refractivity contribution in [3.8, 4) is 33.2 Å². The zero-order valence-electron chi connectivity index (χ0n) is 24.3. The lowest BCUT2D eigenvalue weighted by atomic mass is 10.0. The molecule has 0 saturated carbocycles. The Labute approximate surface area is 249 Å². The number of likely N-dealkylation sites (tertiary alicyclic amines) is 1. The minimum Gasteiger partial charge on any atom is -0.457 e. The Hall–Kier alpha value is -4.31. The first kappa shape index (κ1) is 27.8. The Morgan fingerprint density at radius 2 is 1.79 bits per heavy atom. The summed E-state index contributed by atoms with van der Waals surface area (Å²) in [5.74, 6) is 2.55. The molecule has 0 atom stereocenters. The number of pyridine rings is 1. The number of carbonyl (C=O) groups excluding carboxylic acids is 2. The van der Waals surface area contributed by atoms with Crippen molar-refractivity contribution in [1.29, 1.82) is 0 Å². The van der Waals surface area contributed by atoms with Crippen molar-refractivity contribution in [2.24, 2.45) is 0 Å². The van der Waals surface area contributed by atoms with E-state index in [0.717, 1.165) is 57.5 Å². The predicted octanol–water partition coefficient (Wildman–Crippen LogP) is 6.11. The minimum absolute atomic E-state index is 0.0152. The van der Waals surface area contributed by atoms with Gasteiger partial charge in [-0.15, -0.1) is 10.2 Å². The molecule has 2 amide bonds. The third-order valence-electron chi connectivity index (χ3n) is 7.75. The molecule has 0 N–H and O–H groups in total. The van der Waals surface area contributed by atoms with Crippen molar-refractivity contribution in [2.45, 2.75) is 46.1 Å². The van der Waals surface area contributed by atoms with Gasteiger partial charge < -0.3 is 14.5 Å². The van der Waals surface area contributed by atoms with E-state index in [1.165, 1.54) is 0 Å². The molecule has 0 radical (unpaired) electrons. The van der Waals surface area contributed by atoms with Crippen LogP contribution in [-0.2, 0) is 16.1 Å². The van der Waals surface area contributed by atoms with Crippen molar-refractivity contribution in [3.05, 3.63) is 65.3 Å². The summed E-state index contributed by atoms with van der Waals surface area (Å²) < 4.78 is 6.48. The van der Waals surface area contributed by atoms with Gasteiger partial charge in [0.2, 0.25) is 11.8 Å². The fraction of sp³-hybridized carbons (Fsp3) is 0.344. The third-order valence-corrected chi connectivity index (χ3v) is 9.02. The van der Waals surface area contributed by atoms with E-state index in [0.29, 0.717) is 42.7 Å². The van der Waals surface area contributed by atoms with Crippen LogP contribution in [0.25, 0.3) is 21.7 Å². The largest absolute Gasteiger partial charge is 0.457 e. The van der Waals surface area contributed by atoms with E-state index in [1.54, 1.807) is 29.4 Å². The minimum atomic E-state index is -0.0152. The van der Waals surface area contributed by atoms with Gasteiger partial charge in [0, 0.05) is 75.4 Å². The van der Waals surface area contributed by atoms with E-state index >= 15 is 0 Å². The summed E-state index contributed by atoms with van der Waals surface area (Å²) in [5.41, 5.74) is 4.71. The molecular formula is C32H34N6O3S. The van der Waals surface area contributed by atoms with Crippen LogP contribution >= 0.6 is 11.3 Å². The molecule has 0 spiro atoms. The molecule has 216 valence electrons. The molecule has 4 aromatic rings. The van der Waals surface area contributed by atoms with Gasteiger partial charge in [-0.2, -0.15) is 0 Å². The molecule has 0 bridgehead atoms. The molecule has 6 rings (SSSR count). The first-order valence-electron chi connectivity index (χ1n) is 14.3. The summed E-state index contributed by atoms with van der Waals surface area (Å²) >= 11 is 1.60. The lowest BCUT2D eigenvalue weighted by Crippen LogP contribution is -2.42. The average Bonchev–Trinajstić information content (AvgIpc) is 3.64. The first-order valence-corrected chi connectivity index (χ1v) is 15.1. The number of anilines is 2. The summed E-state index contributed by atoms with van der Waals surface area (Å²) in [6, 6.07) is 16.0. The zero-order valence-corrected chi connectivity index (χ0v) is 25.1. The lowest BCUT2D eigenvalue weighted by molar-refractivity contribution is -0.128. The Kier molecular flexibility index (Phi) is 7.64. The van der Waals surface area contributed by atoms with Crippen molar-refractivity contribution in [3.63, 3.8) is 0 Å². The quantitative estimate of drug-likeness (QED) is 0.260. The third kappa shape index (κ3) is 5.59. The number of carbonyl (C=O) groups is 2. The fourth-order valence-electron chi connectivity index (χ4n) is 5.29. The summed E-state index contributed by atoms with van der Waals surface area (Å²) in [5, 5.41) is 10.6. The predicted molar refractivity (Wildman–Crippen MR) is 165 cm³/mol. The standard InChI is InChI=1S/C32H34N6O3S/c1-20(2)31-34-35-32(42-31)22-9-11-26(12-10-22)41-28-17-23(7-8-24(28)19-37-13-5-6-29(37)40)25-16-27-30(33-18-25)38(21(3)39)15-14-36(27)4/h7-12,16-18,20H,5-6,13-15,19H2,1-4H3. The van der Waals surface area contributed by atoms with Crippen LogP contribution in [-0.4, -0.2) is 58.6 Å². The van der Waals surface area contributed by atoms with Crippen LogP contribution in [0.1, 0.15) is 50.1 Å². The van der Waals surface area contributed by atoms with Gasteiger partial charge in [-0.05, 0) is 48.4 Å². The first-order chi connectivity index (χ1) is 20.3. The van der Waals surface area contributed by atoms with Crippen LogP contribution < -0.4 is 14.5 Å². The van der Waals surface area contributed by atoms with Crippen LogP contribution in [0.4, 0.5) is 11.5 Å². The molecule has 2 aliphatic rings. The molecule has 4 heterocycles. The highest BCUT2D eigenvalue weighted by Gasteiger charge is 2.26. The van der Waals surface area contributed by atoms with Gasteiger partial charge in [0.25, 0.3) is 0 Å². The van der Waals surface area contributed by atoms with Crippen LogP contribution in [0.15, 0.2) is 54.7 Å². The number of aromatic nitrogens is 3. The number of amides is 2. The highest BCUT2D eigenvalue weighted by atomic mass is 32.1. The molecule has 2 aromatic carbocycles. The average molecular weight is 583 g/mol. The molecule has 9 nitrogen and oxygen atoms in total. The van der Waals surface area contributed by atoms with E-state index in [2.05, 4.69) is 40.0 Å². The summed E-state index contributed by atoms with van der Waals surface area (Å²) in [7, 11) is 2.02. The van der Waals surface area contributed by atoms with Gasteiger partial charge in [0.05, 0.1) is 5.69 Å². The number of ether oxygens (including phenoxy) is 1. The van der Waals surface area contributed by atoms with Gasteiger partial charge in [-0.3, -0.25) is 14.5 Å². The summed E-state index contributed by atoms with van der Waals surface area (Å²) in [6.07, 6.45) is 3.27. The SMILES string of the molecule is CC(=O)N1CCN(C)c2cc(-c3ccc(CN4CCCC4=O)c(Oc4ccc(-c5nnc(C(C)C)s5)cc4)c3)cnc21. The smallest absolute Gasteiger partial charge is 0.225 e. The van der Waals surface area contributed by atoms with Crippen LogP contribution in [0.2, 0.25) is 0 Å². The second-order valence-electron chi connectivity index (χ2n) is 11.1. The molecule has 0 unspecified atom stereocenters. The van der Waals surface area contributed by atoms with Gasteiger partial charge in [-0.25, -0.2) is 4.98 Å². The number of hydrogen-bond acceptors (Lipinski definition) is 8. The molecule has 1 fully saturated rings. The van der Waals surface area contributed by atoms with Crippen LogP contribution in [0.5, 0.6) is 11.5 Å². The number of likely N-dealkylation sites (N-methyl/N-ethyl adjacent to an activating group) is 1. The topological polar surface area (TPSA) is 91.8 Å². The van der Waals surface area contributed by atoms with E-state index < -0.39 is 0 Å². The summed E-state index contributed by atoms with van der Waals surface area (Å²) in [6.45, 7) is 8.40. The van der Waals surface area contributed by atoms with Crippen LogP contribution in [0.3, 0.4) is 0 Å². The molecule has 2 aliphatic heterocycles. The number of hydrogen-bond donors (Lipinski definition) is 0. The number of benzene rings is 2. The molecule has 42 heavy (non-hydrogen) atoms. The summed E-state index contributed by atoms with van der Waals surface area (Å²) in [4.78, 5) is 35.0. The van der Waals surface area contributed by atoms with E-state index in [-0.39, 0.29) is 11.8 Å². The normalized spacial score (nSPS) is 15.0. The molecular weight excluding hydrogens is 548 g/mol. The maximum absolute atomic E-state index is 12.4. The monoisotopic (exact) mass is 582 g/mol. The van der Waals surface area contributed by atoms with Gasteiger partial charge in [0.15, 0.2) is 5.82 Å². The highest BCUT2D eigenvalue weighted by molar-refractivity contribution is 7.14. The molecule has 2 aromatic heterocycles. The fourth-order valence-corrected chi connectivity index (χ4v) is 6.14. The lowest BCUT2D eigenvalue weighted by Gasteiger charge is -2.34. The van der Waals surface area contributed by atoms with Crippen molar-refractivity contribution < 1.29 is 14.3 Å². The number of fused-ring (bicyclic) bond motifs is 1. The number of nitrogens with zero attached hydrogens (tertiary/aromatic N) is 6. The van der Waals surface area contributed by atoms with E-state index in [4.69, 9.17) is 4.74 Å². The molecule has 10 heteroatoms. The highest BCUT2D eigenvalue weighted by Crippen LogP contribution is 2.37. The van der Waals surface area contributed by atoms with Crippen LogP contribution in [0, 0.1) is 0 Å². The Morgan fingerprint density at radius 3 is 2.48 bits per heavy atom. The van der Waals surface area contributed by atoms with E-state index in [1.807, 2.05) is 54.4 Å². The van der Waals surface area contributed by atoms with E-state index in [9.17, 15) is 9.59 Å². The van der Waals surface area contributed by atoms with Crippen molar-refractivity contribution in [1.82, 2.24) is 20.1 Å².